The van der Waals surface area contributed by atoms with Crippen LogP contribution in [0.3, 0.4) is 0 Å². The molecule has 0 aliphatic carbocycles. The third-order valence-electron chi connectivity index (χ3n) is 2.17. The maximum Gasteiger partial charge on any atom is 0.271 e. The van der Waals surface area contributed by atoms with Crippen molar-refractivity contribution in [1.82, 2.24) is 15.1 Å². The van der Waals surface area contributed by atoms with Crippen molar-refractivity contribution >= 4 is 0 Å². The lowest BCUT2D eigenvalue weighted by Crippen LogP contribution is -2.29. The minimum absolute atomic E-state index is 0.0309. The molecule has 4 heteroatoms. The van der Waals surface area contributed by atoms with Crippen molar-refractivity contribution in [2.75, 3.05) is 6.54 Å². The van der Waals surface area contributed by atoms with E-state index in [9.17, 15) is 4.79 Å². The lowest BCUT2D eigenvalue weighted by Gasteiger charge is -2.07. The van der Waals surface area contributed by atoms with E-state index < -0.39 is 0 Å². The van der Waals surface area contributed by atoms with Gasteiger partial charge in [-0.25, -0.2) is 4.68 Å². The van der Waals surface area contributed by atoms with Crippen LogP contribution in [0.1, 0.15) is 31.5 Å². The van der Waals surface area contributed by atoms with Gasteiger partial charge in [0.05, 0.1) is 5.69 Å². The average Bonchev–Trinajstić information content (AvgIpc) is 2.21. The number of hydrogen-bond donors (Lipinski definition) is 1. The fourth-order valence-electron chi connectivity index (χ4n) is 1.49. The Labute approximate surface area is 90.3 Å². The van der Waals surface area contributed by atoms with E-state index in [1.54, 1.807) is 4.68 Å². The van der Waals surface area contributed by atoms with Crippen LogP contribution in [0.5, 0.6) is 0 Å². The molecule has 0 atom stereocenters. The number of rotatable bonds is 5. The minimum atomic E-state index is 0.0309. The molecule has 0 saturated heterocycles. The first-order valence-corrected chi connectivity index (χ1v) is 5.47. The van der Waals surface area contributed by atoms with Crippen LogP contribution in [-0.2, 0) is 13.1 Å². The predicted octanol–water partition coefficient (Wildman–Crippen LogP) is 1.07. The summed E-state index contributed by atoms with van der Waals surface area (Å²) in [6.45, 7) is 8.18. The zero-order chi connectivity index (χ0) is 11.3. The van der Waals surface area contributed by atoms with Gasteiger partial charge in [-0.3, -0.25) is 4.79 Å². The molecule has 0 fully saturated rings. The number of nitrogens with one attached hydrogen (secondary N) is 1. The molecule has 1 N–H and O–H groups in total. The molecule has 0 aliphatic rings. The fourth-order valence-corrected chi connectivity index (χ4v) is 1.49. The monoisotopic (exact) mass is 209 g/mol. The summed E-state index contributed by atoms with van der Waals surface area (Å²) in [5.41, 5.74) is 1.73. The van der Waals surface area contributed by atoms with Crippen molar-refractivity contribution in [2.24, 2.45) is 0 Å². The van der Waals surface area contributed by atoms with Crippen LogP contribution in [0, 0.1) is 6.92 Å². The molecular formula is C11H19N3O. The third-order valence-corrected chi connectivity index (χ3v) is 2.17. The van der Waals surface area contributed by atoms with Crippen molar-refractivity contribution in [3.8, 4) is 0 Å². The first-order chi connectivity index (χ1) is 7.19. The first kappa shape index (κ1) is 11.9. The lowest BCUT2D eigenvalue weighted by atomic mass is 10.2. The molecule has 15 heavy (non-hydrogen) atoms. The van der Waals surface area contributed by atoms with E-state index in [0.29, 0.717) is 13.1 Å². The molecule has 1 aromatic heterocycles. The summed E-state index contributed by atoms with van der Waals surface area (Å²) >= 11 is 0. The number of aromatic nitrogens is 2. The molecule has 84 valence electrons. The Morgan fingerprint density at radius 3 is 2.80 bits per heavy atom. The topological polar surface area (TPSA) is 46.9 Å². The zero-order valence-electron chi connectivity index (χ0n) is 9.71. The highest BCUT2D eigenvalue weighted by atomic mass is 16.1. The standard InChI is InChI=1S/C11H19N3O/c1-4-6-14-11(15)10(8-12-5-2)7-9(3)13-14/h7,12H,4-6,8H2,1-3H3. The average molecular weight is 209 g/mol. The third kappa shape index (κ3) is 3.16. The van der Waals surface area contributed by atoms with Crippen LogP contribution >= 0.6 is 0 Å². The summed E-state index contributed by atoms with van der Waals surface area (Å²) in [6, 6.07) is 1.86. The molecule has 0 amide bonds. The zero-order valence-corrected chi connectivity index (χ0v) is 9.71. The summed E-state index contributed by atoms with van der Waals surface area (Å²) in [5, 5.41) is 7.37. The van der Waals surface area contributed by atoms with Gasteiger partial charge in [0.2, 0.25) is 0 Å². The summed E-state index contributed by atoms with van der Waals surface area (Å²) in [4.78, 5) is 11.9. The van der Waals surface area contributed by atoms with E-state index in [0.717, 1.165) is 24.2 Å². The largest absolute Gasteiger partial charge is 0.313 e. The Balaban J connectivity index is 2.99. The minimum Gasteiger partial charge on any atom is -0.313 e. The smallest absolute Gasteiger partial charge is 0.271 e. The highest BCUT2D eigenvalue weighted by molar-refractivity contribution is 5.12. The number of aryl methyl sites for hydroxylation is 2. The van der Waals surface area contributed by atoms with Crippen LogP contribution < -0.4 is 10.9 Å². The number of nitrogens with zero attached hydrogens (tertiary/aromatic N) is 2. The van der Waals surface area contributed by atoms with Crippen molar-refractivity contribution in [2.45, 2.75) is 40.3 Å². The summed E-state index contributed by atoms with van der Waals surface area (Å²) in [6.07, 6.45) is 0.928. The summed E-state index contributed by atoms with van der Waals surface area (Å²) in [5.74, 6) is 0. The predicted molar refractivity (Wildman–Crippen MR) is 60.9 cm³/mol. The van der Waals surface area contributed by atoms with Gasteiger partial charge >= 0.3 is 0 Å². The highest BCUT2D eigenvalue weighted by Crippen LogP contribution is 1.96. The van der Waals surface area contributed by atoms with Gasteiger partial charge in [-0.1, -0.05) is 13.8 Å². The molecule has 1 heterocycles. The Morgan fingerprint density at radius 2 is 2.20 bits per heavy atom. The second-order valence-corrected chi connectivity index (χ2v) is 3.62. The summed E-state index contributed by atoms with van der Waals surface area (Å²) < 4.78 is 1.56. The molecule has 0 spiro atoms. The van der Waals surface area contributed by atoms with Gasteiger partial charge in [-0.05, 0) is 26.0 Å². The van der Waals surface area contributed by atoms with Crippen molar-refractivity contribution in [3.05, 3.63) is 27.7 Å². The van der Waals surface area contributed by atoms with Gasteiger partial charge in [-0.2, -0.15) is 5.10 Å². The molecular weight excluding hydrogens is 190 g/mol. The molecule has 0 bridgehead atoms. The maximum absolute atomic E-state index is 11.9. The molecule has 0 saturated carbocycles. The van der Waals surface area contributed by atoms with Crippen LogP contribution in [0.4, 0.5) is 0 Å². The van der Waals surface area contributed by atoms with E-state index in [1.807, 2.05) is 26.8 Å². The van der Waals surface area contributed by atoms with Gasteiger partial charge in [-0.15, -0.1) is 0 Å². The van der Waals surface area contributed by atoms with E-state index in [4.69, 9.17) is 0 Å². The Kier molecular flexibility index (Phi) is 4.49. The molecule has 0 radical (unpaired) electrons. The van der Waals surface area contributed by atoms with Crippen molar-refractivity contribution in [3.63, 3.8) is 0 Å². The van der Waals surface area contributed by atoms with Gasteiger partial charge < -0.3 is 5.32 Å². The normalized spacial score (nSPS) is 10.6. The van der Waals surface area contributed by atoms with Gasteiger partial charge in [0, 0.05) is 18.7 Å². The van der Waals surface area contributed by atoms with Gasteiger partial charge in [0.1, 0.15) is 0 Å². The molecule has 0 unspecified atom stereocenters. The Morgan fingerprint density at radius 1 is 1.47 bits per heavy atom. The SMILES string of the molecule is CCCn1nc(C)cc(CNCC)c1=O. The van der Waals surface area contributed by atoms with E-state index >= 15 is 0 Å². The van der Waals surface area contributed by atoms with Crippen molar-refractivity contribution in [1.29, 1.82) is 0 Å². The van der Waals surface area contributed by atoms with E-state index in [2.05, 4.69) is 10.4 Å². The van der Waals surface area contributed by atoms with Crippen LogP contribution in [0.2, 0.25) is 0 Å². The molecule has 1 aromatic rings. The molecule has 1 rings (SSSR count). The van der Waals surface area contributed by atoms with Gasteiger partial charge in [0.15, 0.2) is 0 Å². The second kappa shape index (κ2) is 5.66. The lowest BCUT2D eigenvalue weighted by molar-refractivity contribution is 0.549. The highest BCUT2D eigenvalue weighted by Gasteiger charge is 2.04. The van der Waals surface area contributed by atoms with E-state index in [1.165, 1.54) is 0 Å². The van der Waals surface area contributed by atoms with Crippen LogP contribution in [-0.4, -0.2) is 16.3 Å². The maximum atomic E-state index is 11.9. The second-order valence-electron chi connectivity index (χ2n) is 3.62. The quantitative estimate of drug-likeness (QED) is 0.789. The molecule has 0 aromatic carbocycles. The van der Waals surface area contributed by atoms with Crippen LogP contribution in [0.25, 0.3) is 0 Å². The summed E-state index contributed by atoms with van der Waals surface area (Å²) in [7, 11) is 0. The Bertz CT molecular complexity index is 371. The van der Waals surface area contributed by atoms with Gasteiger partial charge in [0.25, 0.3) is 5.56 Å². The molecule has 4 nitrogen and oxygen atoms in total. The molecule has 0 aliphatic heterocycles. The van der Waals surface area contributed by atoms with Crippen LogP contribution in [0.15, 0.2) is 10.9 Å². The van der Waals surface area contributed by atoms with E-state index in [-0.39, 0.29) is 5.56 Å². The Hall–Kier alpha value is -1.16. The first-order valence-electron chi connectivity index (χ1n) is 5.47. The number of hydrogen-bond acceptors (Lipinski definition) is 3. The van der Waals surface area contributed by atoms with Crippen molar-refractivity contribution < 1.29 is 0 Å². The fraction of sp³-hybridized carbons (Fsp3) is 0.636.